The standard InChI is InChI=1S/C26H30N2O6S/c1-6-8-13-33-20-11-9-18(10-12-20)14-19(15-27)23(29)28-24-21(25(30)32-7-2)17(5)22(35-24)26(31)34-16(3)4/h9-12,14,16H,6-8,13H2,1-5H3,(H,28,29)/b19-14+. The van der Waals surface area contributed by atoms with E-state index >= 15 is 0 Å². The van der Waals surface area contributed by atoms with Gasteiger partial charge in [-0.2, -0.15) is 5.26 Å². The van der Waals surface area contributed by atoms with Crippen molar-refractivity contribution in [2.75, 3.05) is 18.5 Å². The quantitative estimate of drug-likeness (QED) is 0.188. The van der Waals surface area contributed by atoms with Gasteiger partial charge in [0.05, 0.1) is 24.9 Å². The molecule has 1 amide bonds. The van der Waals surface area contributed by atoms with Crippen LogP contribution in [0.4, 0.5) is 5.00 Å². The molecule has 0 bridgehead atoms. The summed E-state index contributed by atoms with van der Waals surface area (Å²) < 4.78 is 16.0. The molecule has 1 aromatic heterocycles. The monoisotopic (exact) mass is 498 g/mol. The molecular formula is C26H30N2O6S. The van der Waals surface area contributed by atoms with Gasteiger partial charge in [-0.1, -0.05) is 25.5 Å². The number of amides is 1. The number of esters is 2. The van der Waals surface area contributed by atoms with E-state index in [9.17, 15) is 19.6 Å². The van der Waals surface area contributed by atoms with Crippen LogP contribution in [0.25, 0.3) is 6.08 Å². The number of nitrogens with zero attached hydrogens (tertiary/aromatic N) is 1. The Balaban J connectivity index is 2.31. The Bertz CT molecular complexity index is 1130. The van der Waals surface area contributed by atoms with Crippen LogP contribution >= 0.6 is 11.3 Å². The van der Waals surface area contributed by atoms with E-state index in [1.165, 1.54) is 6.08 Å². The summed E-state index contributed by atoms with van der Waals surface area (Å²) in [6.45, 7) is 9.48. The zero-order valence-corrected chi connectivity index (χ0v) is 21.4. The van der Waals surface area contributed by atoms with Crippen LogP contribution in [0.5, 0.6) is 5.75 Å². The van der Waals surface area contributed by atoms with E-state index in [4.69, 9.17) is 14.2 Å². The van der Waals surface area contributed by atoms with Gasteiger partial charge in [0.15, 0.2) is 0 Å². The van der Waals surface area contributed by atoms with Crippen LogP contribution < -0.4 is 10.1 Å². The number of benzene rings is 1. The van der Waals surface area contributed by atoms with E-state index in [2.05, 4.69) is 12.2 Å². The molecule has 35 heavy (non-hydrogen) atoms. The minimum atomic E-state index is -0.716. The van der Waals surface area contributed by atoms with Crippen LogP contribution in [0.3, 0.4) is 0 Å². The highest BCUT2D eigenvalue weighted by Crippen LogP contribution is 2.35. The van der Waals surface area contributed by atoms with Crippen LogP contribution in [0.15, 0.2) is 29.8 Å². The normalized spacial score (nSPS) is 11.1. The lowest BCUT2D eigenvalue weighted by Crippen LogP contribution is -2.16. The molecule has 9 heteroatoms. The highest BCUT2D eigenvalue weighted by molar-refractivity contribution is 7.18. The lowest BCUT2D eigenvalue weighted by molar-refractivity contribution is -0.112. The molecular weight excluding hydrogens is 468 g/mol. The Morgan fingerprint density at radius 1 is 1.14 bits per heavy atom. The molecule has 0 unspecified atom stereocenters. The summed E-state index contributed by atoms with van der Waals surface area (Å²) in [5.74, 6) is -1.30. The van der Waals surface area contributed by atoms with Crippen LogP contribution in [-0.4, -0.2) is 37.2 Å². The molecule has 0 spiro atoms. The first kappa shape index (κ1) is 27.6. The Labute approximate surface area is 209 Å². The molecule has 0 aliphatic heterocycles. The summed E-state index contributed by atoms with van der Waals surface area (Å²) in [6, 6.07) is 8.90. The van der Waals surface area contributed by atoms with Crippen molar-refractivity contribution in [2.45, 2.75) is 53.6 Å². The van der Waals surface area contributed by atoms with Crippen LogP contribution in [0.1, 0.15) is 71.7 Å². The third-order valence-electron chi connectivity index (χ3n) is 4.70. The Hall–Kier alpha value is -3.64. The van der Waals surface area contributed by atoms with E-state index in [1.54, 1.807) is 52.0 Å². The van der Waals surface area contributed by atoms with Crippen molar-refractivity contribution in [1.82, 2.24) is 0 Å². The molecule has 2 rings (SSSR count). The molecule has 0 aliphatic carbocycles. The third kappa shape index (κ3) is 7.69. The van der Waals surface area contributed by atoms with Crippen molar-refractivity contribution < 1.29 is 28.6 Å². The number of thiophene rings is 1. The number of unbranched alkanes of at least 4 members (excludes halogenated alkanes) is 1. The van der Waals surface area contributed by atoms with Gasteiger partial charge in [0, 0.05) is 0 Å². The Kier molecular flexibility index (Phi) is 10.5. The maximum atomic E-state index is 12.9. The van der Waals surface area contributed by atoms with Crippen molar-refractivity contribution in [3.63, 3.8) is 0 Å². The summed E-state index contributed by atoms with van der Waals surface area (Å²) in [6.07, 6.45) is 3.06. The van der Waals surface area contributed by atoms with Crippen LogP contribution in [0.2, 0.25) is 0 Å². The van der Waals surface area contributed by atoms with E-state index in [1.807, 2.05) is 6.07 Å². The minimum Gasteiger partial charge on any atom is -0.494 e. The maximum Gasteiger partial charge on any atom is 0.348 e. The van der Waals surface area contributed by atoms with Gasteiger partial charge in [0.1, 0.15) is 27.3 Å². The summed E-state index contributed by atoms with van der Waals surface area (Å²) in [7, 11) is 0. The third-order valence-corrected chi connectivity index (χ3v) is 5.89. The molecule has 8 nitrogen and oxygen atoms in total. The van der Waals surface area contributed by atoms with Gasteiger partial charge in [-0.25, -0.2) is 9.59 Å². The second-order valence-corrected chi connectivity index (χ2v) is 8.85. The van der Waals surface area contributed by atoms with E-state index in [0.717, 1.165) is 24.2 Å². The first-order valence-corrected chi connectivity index (χ1v) is 12.2. The Morgan fingerprint density at radius 3 is 2.40 bits per heavy atom. The predicted octanol–water partition coefficient (Wildman–Crippen LogP) is 5.52. The number of anilines is 1. The average molecular weight is 499 g/mol. The molecule has 0 aliphatic rings. The van der Waals surface area contributed by atoms with Crippen molar-refractivity contribution in [3.8, 4) is 11.8 Å². The van der Waals surface area contributed by atoms with Crippen LogP contribution in [0, 0.1) is 18.3 Å². The maximum absolute atomic E-state index is 12.9. The number of nitriles is 1. The molecule has 1 heterocycles. The topological polar surface area (TPSA) is 115 Å². The molecule has 0 atom stereocenters. The number of nitrogens with one attached hydrogen (secondary N) is 1. The largest absolute Gasteiger partial charge is 0.494 e. The van der Waals surface area contributed by atoms with Gasteiger partial charge in [-0.15, -0.1) is 11.3 Å². The molecule has 0 fully saturated rings. The van der Waals surface area contributed by atoms with E-state index < -0.39 is 17.8 Å². The van der Waals surface area contributed by atoms with Crippen LogP contribution in [-0.2, 0) is 14.3 Å². The summed E-state index contributed by atoms with van der Waals surface area (Å²) in [4.78, 5) is 38.2. The summed E-state index contributed by atoms with van der Waals surface area (Å²) >= 11 is 0.904. The fourth-order valence-corrected chi connectivity index (χ4v) is 4.07. The second-order valence-electron chi connectivity index (χ2n) is 7.83. The molecule has 0 radical (unpaired) electrons. The van der Waals surface area contributed by atoms with E-state index in [0.29, 0.717) is 23.5 Å². The predicted molar refractivity (Wildman–Crippen MR) is 135 cm³/mol. The summed E-state index contributed by atoms with van der Waals surface area (Å²) in [5, 5.41) is 12.3. The lowest BCUT2D eigenvalue weighted by atomic mass is 10.1. The van der Waals surface area contributed by atoms with Gasteiger partial charge in [0.25, 0.3) is 5.91 Å². The van der Waals surface area contributed by atoms with Gasteiger partial charge in [-0.05, 0) is 63.5 Å². The fraction of sp³-hybridized carbons (Fsp3) is 0.385. The van der Waals surface area contributed by atoms with Crippen molar-refractivity contribution >= 4 is 40.3 Å². The number of carbonyl (C=O) groups is 3. The number of ether oxygens (including phenoxy) is 3. The van der Waals surface area contributed by atoms with Gasteiger partial charge in [-0.3, -0.25) is 4.79 Å². The van der Waals surface area contributed by atoms with Gasteiger partial charge in [0.2, 0.25) is 0 Å². The Morgan fingerprint density at radius 2 is 1.83 bits per heavy atom. The molecule has 0 saturated carbocycles. The van der Waals surface area contributed by atoms with Crippen molar-refractivity contribution in [1.29, 1.82) is 5.26 Å². The highest BCUT2D eigenvalue weighted by Gasteiger charge is 2.28. The summed E-state index contributed by atoms with van der Waals surface area (Å²) in [5.41, 5.74) is 0.868. The SMILES string of the molecule is CCCCOc1ccc(/C=C(\C#N)C(=O)Nc2sc(C(=O)OC(C)C)c(C)c2C(=O)OCC)cc1. The van der Waals surface area contributed by atoms with E-state index in [-0.39, 0.29) is 33.7 Å². The highest BCUT2D eigenvalue weighted by atomic mass is 32.1. The minimum absolute atomic E-state index is 0.0618. The van der Waals surface area contributed by atoms with Gasteiger partial charge >= 0.3 is 11.9 Å². The molecule has 1 N–H and O–H groups in total. The van der Waals surface area contributed by atoms with Crippen molar-refractivity contribution in [2.24, 2.45) is 0 Å². The second kappa shape index (κ2) is 13.3. The zero-order chi connectivity index (χ0) is 26.0. The zero-order valence-electron chi connectivity index (χ0n) is 20.6. The number of hydrogen-bond acceptors (Lipinski definition) is 8. The smallest absolute Gasteiger partial charge is 0.348 e. The molecule has 2 aromatic rings. The molecule has 0 saturated heterocycles. The average Bonchev–Trinajstić information content (AvgIpc) is 3.14. The number of hydrogen-bond donors (Lipinski definition) is 1. The molecule has 186 valence electrons. The number of carbonyl (C=O) groups excluding carboxylic acids is 3. The fourth-order valence-electron chi connectivity index (χ4n) is 2.99. The first-order chi connectivity index (χ1) is 16.7. The van der Waals surface area contributed by atoms with Gasteiger partial charge < -0.3 is 19.5 Å². The van der Waals surface area contributed by atoms with Crippen molar-refractivity contribution in [3.05, 3.63) is 51.4 Å². The molecule has 1 aromatic carbocycles. The lowest BCUT2D eigenvalue weighted by Gasteiger charge is -2.07. The number of rotatable bonds is 11. The first-order valence-electron chi connectivity index (χ1n) is 11.4.